The first-order valence-electron chi connectivity index (χ1n) is 7.61. The highest BCUT2D eigenvalue weighted by Gasteiger charge is 2.25. The van der Waals surface area contributed by atoms with E-state index < -0.39 is 5.97 Å². The van der Waals surface area contributed by atoms with E-state index in [4.69, 9.17) is 4.74 Å². The number of anilines is 1. The normalized spacial score (nSPS) is 18.8. The first kappa shape index (κ1) is 15.8. The van der Waals surface area contributed by atoms with Crippen molar-refractivity contribution in [2.45, 2.75) is 46.1 Å². The number of carbonyl (C=O) groups is 1. The molecule has 0 saturated carbocycles. The number of aromatic nitrogens is 1. The molecule has 1 aromatic heterocycles. The average Bonchev–Trinajstić information content (AvgIpc) is 2.44. The van der Waals surface area contributed by atoms with Gasteiger partial charge < -0.3 is 14.7 Å². The maximum absolute atomic E-state index is 11.6. The Morgan fingerprint density at radius 3 is 2.95 bits per heavy atom. The van der Waals surface area contributed by atoms with Crippen LogP contribution in [0.4, 0.5) is 5.69 Å². The summed E-state index contributed by atoms with van der Waals surface area (Å²) in [6.45, 7) is 8.14. The highest BCUT2D eigenvalue weighted by Crippen LogP contribution is 2.27. The molecule has 1 N–H and O–H groups in total. The maximum Gasteiger partial charge on any atom is 0.339 e. The lowest BCUT2D eigenvalue weighted by atomic mass is 10.0. The van der Waals surface area contributed by atoms with Crippen LogP contribution in [-0.2, 0) is 4.74 Å². The van der Waals surface area contributed by atoms with E-state index in [0.717, 1.165) is 50.3 Å². The second kappa shape index (κ2) is 6.89. The van der Waals surface area contributed by atoms with Crippen LogP contribution in [0, 0.1) is 13.8 Å². The minimum Gasteiger partial charge on any atom is -0.478 e. The molecule has 1 aliphatic rings. The van der Waals surface area contributed by atoms with E-state index in [2.05, 4.69) is 16.8 Å². The molecule has 2 heterocycles. The molecule has 2 rings (SSSR count). The number of piperidine rings is 1. The van der Waals surface area contributed by atoms with Crippen LogP contribution in [0.1, 0.15) is 47.9 Å². The molecule has 0 aliphatic carbocycles. The molecule has 0 amide bonds. The Morgan fingerprint density at radius 1 is 1.52 bits per heavy atom. The minimum absolute atomic E-state index is 0.189. The first-order chi connectivity index (χ1) is 10.0. The summed E-state index contributed by atoms with van der Waals surface area (Å²) in [6.07, 6.45) is 3.26. The van der Waals surface area contributed by atoms with Crippen LogP contribution in [0.5, 0.6) is 0 Å². The molecule has 0 aromatic carbocycles. The van der Waals surface area contributed by atoms with Gasteiger partial charge in [-0.2, -0.15) is 0 Å². The lowest BCUT2D eigenvalue weighted by molar-refractivity contribution is 0.0439. The van der Waals surface area contributed by atoms with E-state index in [1.807, 2.05) is 13.0 Å². The van der Waals surface area contributed by atoms with Gasteiger partial charge in [0.05, 0.1) is 17.5 Å². The second-order valence-electron chi connectivity index (χ2n) is 5.63. The predicted octanol–water partition coefficient (Wildman–Crippen LogP) is 2.79. The summed E-state index contributed by atoms with van der Waals surface area (Å²) in [5.74, 6) is -0.911. The lowest BCUT2D eigenvalue weighted by Gasteiger charge is -2.35. The van der Waals surface area contributed by atoms with Gasteiger partial charge >= 0.3 is 5.97 Å². The van der Waals surface area contributed by atoms with Gasteiger partial charge in [0.2, 0.25) is 0 Å². The number of ether oxygens (including phenoxy) is 1. The Labute approximate surface area is 125 Å². The van der Waals surface area contributed by atoms with Crippen molar-refractivity contribution in [3.63, 3.8) is 0 Å². The largest absolute Gasteiger partial charge is 0.478 e. The second-order valence-corrected chi connectivity index (χ2v) is 5.63. The van der Waals surface area contributed by atoms with Crippen molar-refractivity contribution in [3.05, 3.63) is 23.0 Å². The molecule has 0 bridgehead atoms. The van der Waals surface area contributed by atoms with Crippen molar-refractivity contribution in [2.75, 3.05) is 24.6 Å². The van der Waals surface area contributed by atoms with Crippen LogP contribution in [-0.4, -0.2) is 41.9 Å². The zero-order valence-corrected chi connectivity index (χ0v) is 13.1. The Balaban J connectivity index is 2.26. The van der Waals surface area contributed by atoms with Crippen LogP contribution < -0.4 is 4.90 Å². The zero-order chi connectivity index (χ0) is 15.4. The predicted molar refractivity (Wildman–Crippen MR) is 82.1 cm³/mol. The molecule has 5 heteroatoms. The third kappa shape index (κ3) is 3.73. The molecule has 5 nitrogen and oxygen atoms in total. The number of hydrogen-bond donors (Lipinski definition) is 1. The number of carboxylic acids is 1. The fourth-order valence-corrected chi connectivity index (χ4v) is 2.90. The van der Waals surface area contributed by atoms with Gasteiger partial charge in [-0.3, -0.25) is 4.98 Å². The number of pyridine rings is 1. The molecule has 1 aliphatic heterocycles. The summed E-state index contributed by atoms with van der Waals surface area (Å²) in [6, 6.07) is 1.87. The van der Waals surface area contributed by atoms with Crippen molar-refractivity contribution in [1.82, 2.24) is 4.98 Å². The Bertz CT molecular complexity index is 516. The minimum atomic E-state index is -0.911. The SMILES string of the molecule is CCCOC1CCCN(c2cc(C)nc(C)c2C(=O)O)C1. The maximum atomic E-state index is 11.6. The first-order valence-corrected chi connectivity index (χ1v) is 7.61. The van der Waals surface area contributed by atoms with E-state index in [-0.39, 0.29) is 6.10 Å². The summed E-state index contributed by atoms with van der Waals surface area (Å²) in [5, 5.41) is 9.48. The number of hydrogen-bond acceptors (Lipinski definition) is 4. The molecule has 1 fully saturated rings. The van der Waals surface area contributed by atoms with Crippen molar-refractivity contribution in [2.24, 2.45) is 0 Å². The van der Waals surface area contributed by atoms with Gasteiger partial charge in [0.15, 0.2) is 0 Å². The van der Waals surface area contributed by atoms with E-state index in [1.54, 1.807) is 6.92 Å². The van der Waals surface area contributed by atoms with Crippen LogP contribution in [0.3, 0.4) is 0 Å². The summed E-state index contributed by atoms with van der Waals surface area (Å²) < 4.78 is 5.84. The molecular weight excluding hydrogens is 268 g/mol. The highest BCUT2D eigenvalue weighted by atomic mass is 16.5. The Morgan fingerprint density at radius 2 is 2.29 bits per heavy atom. The zero-order valence-electron chi connectivity index (χ0n) is 13.1. The van der Waals surface area contributed by atoms with Gasteiger partial charge in [0.1, 0.15) is 5.56 Å². The highest BCUT2D eigenvalue weighted by molar-refractivity contribution is 5.95. The van der Waals surface area contributed by atoms with Crippen molar-refractivity contribution < 1.29 is 14.6 Å². The third-order valence-electron chi connectivity index (χ3n) is 3.80. The fourth-order valence-electron chi connectivity index (χ4n) is 2.90. The molecule has 1 atom stereocenters. The molecule has 116 valence electrons. The van der Waals surface area contributed by atoms with Crippen molar-refractivity contribution in [3.8, 4) is 0 Å². The van der Waals surface area contributed by atoms with Gasteiger partial charge in [-0.1, -0.05) is 6.92 Å². The fraction of sp³-hybridized carbons (Fsp3) is 0.625. The smallest absolute Gasteiger partial charge is 0.339 e. The van der Waals surface area contributed by atoms with Crippen LogP contribution in [0.15, 0.2) is 6.07 Å². The van der Waals surface area contributed by atoms with Gasteiger partial charge in [-0.15, -0.1) is 0 Å². The number of carboxylic acid groups (broad SMARTS) is 1. The quantitative estimate of drug-likeness (QED) is 0.904. The summed E-state index contributed by atoms with van der Waals surface area (Å²) in [7, 11) is 0. The lowest BCUT2D eigenvalue weighted by Crippen LogP contribution is -2.40. The van der Waals surface area contributed by atoms with Crippen molar-refractivity contribution in [1.29, 1.82) is 0 Å². The molecule has 0 radical (unpaired) electrons. The molecule has 0 spiro atoms. The molecular formula is C16H24N2O3. The van der Waals surface area contributed by atoms with Gasteiger partial charge in [0, 0.05) is 25.4 Å². The van der Waals surface area contributed by atoms with E-state index in [1.165, 1.54) is 0 Å². The van der Waals surface area contributed by atoms with Gasteiger partial charge in [-0.25, -0.2) is 4.79 Å². The number of nitrogens with zero attached hydrogens (tertiary/aromatic N) is 2. The van der Waals surface area contributed by atoms with E-state index in [9.17, 15) is 9.90 Å². The van der Waals surface area contributed by atoms with E-state index >= 15 is 0 Å². The molecule has 1 aromatic rings. The number of rotatable bonds is 5. The monoisotopic (exact) mass is 292 g/mol. The van der Waals surface area contributed by atoms with Crippen LogP contribution >= 0.6 is 0 Å². The number of aryl methyl sites for hydroxylation is 2. The van der Waals surface area contributed by atoms with Crippen molar-refractivity contribution >= 4 is 11.7 Å². The molecule has 1 saturated heterocycles. The molecule has 1 unspecified atom stereocenters. The summed E-state index contributed by atoms with van der Waals surface area (Å²) in [5.41, 5.74) is 2.52. The number of aromatic carboxylic acids is 1. The molecule has 21 heavy (non-hydrogen) atoms. The van der Waals surface area contributed by atoms with Gasteiger partial charge in [-0.05, 0) is 39.2 Å². The topological polar surface area (TPSA) is 62.7 Å². The standard InChI is InChI=1S/C16H24N2O3/c1-4-8-21-13-6-5-7-18(10-13)14-9-11(2)17-12(3)15(14)16(19)20/h9,13H,4-8,10H2,1-3H3,(H,19,20). The van der Waals surface area contributed by atoms with E-state index in [0.29, 0.717) is 11.3 Å². The Kier molecular flexibility index (Phi) is 5.17. The van der Waals surface area contributed by atoms with Crippen LogP contribution in [0.2, 0.25) is 0 Å². The average molecular weight is 292 g/mol. The van der Waals surface area contributed by atoms with Crippen LogP contribution in [0.25, 0.3) is 0 Å². The third-order valence-corrected chi connectivity index (χ3v) is 3.80. The Hall–Kier alpha value is -1.62. The summed E-state index contributed by atoms with van der Waals surface area (Å²) >= 11 is 0. The van der Waals surface area contributed by atoms with Gasteiger partial charge in [0.25, 0.3) is 0 Å². The summed E-state index contributed by atoms with van der Waals surface area (Å²) in [4.78, 5) is 18.0.